The number of aryl methyl sites for hydroxylation is 1. The molecule has 0 atom stereocenters. The van der Waals surface area contributed by atoms with Gasteiger partial charge in [-0.2, -0.15) is 0 Å². The molecule has 13 nitrogen and oxygen atoms in total. The van der Waals surface area contributed by atoms with Gasteiger partial charge in [-0.15, -0.1) is 0 Å². The summed E-state index contributed by atoms with van der Waals surface area (Å²) >= 11 is 0. The van der Waals surface area contributed by atoms with E-state index in [1.165, 1.54) is 24.3 Å². The van der Waals surface area contributed by atoms with Gasteiger partial charge in [-0.3, -0.25) is 25.0 Å². The Morgan fingerprint density at radius 1 is 1.03 bits per heavy atom. The van der Waals surface area contributed by atoms with Crippen molar-refractivity contribution in [3.05, 3.63) is 79.5 Å². The number of hydrogen-bond acceptors (Lipinski definition) is 9. The molecule has 2 aromatic carbocycles. The Morgan fingerprint density at radius 2 is 1.69 bits per heavy atom. The minimum absolute atomic E-state index is 0.0228. The number of aromatic nitrogens is 1. The van der Waals surface area contributed by atoms with Gasteiger partial charge in [0.25, 0.3) is 27.3 Å². The van der Waals surface area contributed by atoms with Crippen molar-refractivity contribution in [2.75, 3.05) is 10.0 Å². The Balaban J connectivity index is 1.80. The maximum absolute atomic E-state index is 12.5. The molecular weight excluding hydrogens is 446 g/mol. The van der Waals surface area contributed by atoms with Crippen LogP contribution in [0.2, 0.25) is 0 Å². The van der Waals surface area contributed by atoms with Crippen LogP contribution in [0, 0.1) is 34.1 Å². The molecular formula is C18H15N5O8S. The summed E-state index contributed by atoms with van der Waals surface area (Å²) in [6, 6.07) is 7.60. The Bertz CT molecular complexity index is 1330. The van der Waals surface area contributed by atoms with Crippen molar-refractivity contribution in [2.45, 2.75) is 18.7 Å². The van der Waals surface area contributed by atoms with Gasteiger partial charge in [-0.25, -0.2) is 13.1 Å². The first-order chi connectivity index (χ1) is 15.0. The topological polar surface area (TPSA) is 188 Å². The quantitative estimate of drug-likeness (QED) is 0.393. The highest BCUT2D eigenvalue weighted by atomic mass is 32.2. The highest BCUT2D eigenvalue weighted by Crippen LogP contribution is 2.26. The summed E-state index contributed by atoms with van der Waals surface area (Å²) in [6.45, 7) is 3.29. The Labute approximate surface area is 180 Å². The van der Waals surface area contributed by atoms with Crippen LogP contribution in [0.25, 0.3) is 0 Å². The first kappa shape index (κ1) is 22.4. The average molecular weight is 461 g/mol. The average Bonchev–Trinajstić information content (AvgIpc) is 3.05. The zero-order valence-corrected chi connectivity index (χ0v) is 17.4. The van der Waals surface area contributed by atoms with Gasteiger partial charge in [0.05, 0.1) is 26.5 Å². The predicted molar refractivity (Wildman–Crippen MR) is 111 cm³/mol. The molecule has 1 heterocycles. The van der Waals surface area contributed by atoms with E-state index in [1.54, 1.807) is 13.8 Å². The van der Waals surface area contributed by atoms with Crippen LogP contribution in [0.5, 0.6) is 0 Å². The molecule has 0 fully saturated rings. The first-order valence-corrected chi connectivity index (χ1v) is 10.3. The number of hydrogen-bond donors (Lipinski definition) is 2. The van der Waals surface area contributed by atoms with E-state index in [1.807, 2.05) is 0 Å². The molecule has 166 valence electrons. The number of nitrogens with one attached hydrogen (secondary N) is 2. The molecule has 0 radical (unpaired) electrons. The molecule has 1 amide bonds. The van der Waals surface area contributed by atoms with Gasteiger partial charge in [0.1, 0.15) is 5.56 Å². The van der Waals surface area contributed by atoms with E-state index in [4.69, 9.17) is 4.52 Å². The maximum Gasteiger partial charge on any atom is 0.289 e. The van der Waals surface area contributed by atoms with Gasteiger partial charge in [-0.05, 0) is 44.2 Å². The highest BCUT2D eigenvalue weighted by Gasteiger charge is 2.24. The molecule has 1 aromatic heterocycles. The van der Waals surface area contributed by atoms with Crippen LogP contribution in [-0.2, 0) is 10.0 Å². The summed E-state index contributed by atoms with van der Waals surface area (Å²) in [7, 11) is -4.00. The fraction of sp³-hybridized carbons (Fsp3) is 0.111. The number of carbonyl (C=O) groups excluding carboxylic acids is 1. The van der Waals surface area contributed by atoms with Crippen LogP contribution in [0.4, 0.5) is 22.9 Å². The van der Waals surface area contributed by atoms with Crippen molar-refractivity contribution < 1.29 is 27.6 Å². The van der Waals surface area contributed by atoms with Crippen molar-refractivity contribution in [3.63, 3.8) is 0 Å². The molecule has 0 saturated heterocycles. The third kappa shape index (κ3) is 4.54. The van der Waals surface area contributed by atoms with Crippen LogP contribution >= 0.6 is 0 Å². The van der Waals surface area contributed by atoms with E-state index < -0.39 is 42.7 Å². The number of nitrogens with zero attached hydrogens (tertiary/aromatic N) is 3. The number of nitro groups is 2. The second-order valence-electron chi connectivity index (χ2n) is 6.52. The minimum Gasteiger partial charge on any atom is -0.337 e. The summed E-state index contributed by atoms with van der Waals surface area (Å²) in [6.07, 6.45) is 0. The van der Waals surface area contributed by atoms with E-state index >= 15 is 0 Å². The largest absolute Gasteiger partial charge is 0.337 e. The molecule has 32 heavy (non-hydrogen) atoms. The fourth-order valence-corrected chi connectivity index (χ4v) is 3.63. The number of amides is 1. The Morgan fingerprint density at radius 3 is 2.22 bits per heavy atom. The van der Waals surface area contributed by atoms with Crippen molar-refractivity contribution in [3.8, 4) is 0 Å². The second-order valence-corrected chi connectivity index (χ2v) is 8.20. The van der Waals surface area contributed by atoms with Gasteiger partial charge in [-0.1, -0.05) is 5.16 Å². The van der Waals surface area contributed by atoms with Gasteiger partial charge in [0.15, 0.2) is 0 Å². The summed E-state index contributed by atoms with van der Waals surface area (Å²) in [5.41, 5.74) is -0.461. The number of benzene rings is 2. The summed E-state index contributed by atoms with van der Waals surface area (Å²) < 4.78 is 32.2. The molecule has 3 aromatic rings. The van der Waals surface area contributed by atoms with Crippen LogP contribution < -0.4 is 10.0 Å². The lowest BCUT2D eigenvalue weighted by molar-refractivity contribution is -0.394. The number of non-ortho nitro benzene ring substituents is 1. The highest BCUT2D eigenvalue weighted by molar-refractivity contribution is 7.92. The lowest BCUT2D eigenvalue weighted by Crippen LogP contribution is -2.15. The number of carbonyl (C=O) groups is 1. The zero-order chi connectivity index (χ0) is 23.6. The third-order valence-corrected chi connectivity index (χ3v) is 5.79. The van der Waals surface area contributed by atoms with Crippen molar-refractivity contribution in [2.24, 2.45) is 0 Å². The van der Waals surface area contributed by atoms with Crippen LogP contribution in [0.3, 0.4) is 0 Å². The van der Waals surface area contributed by atoms with Crippen molar-refractivity contribution in [1.29, 1.82) is 0 Å². The van der Waals surface area contributed by atoms with E-state index in [0.717, 1.165) is 12.1 Å². The van der Waals surface area contributed by atoms with Gasteiger partial charge >= 0.3 is 0 Å². The Hall–Kier alpha value is -4.33. The molecule has 0 aliphatic carbocycles. The van der Waals surface area contributed by atoms with Gasteiger partial charge in [0, 0.05) is 17.3 Å². The number of sulfonamides is 1. The van der Waals surface area contributed by atoms with Crippen LogP contribution in [-0.4, -0.2) is 29.3 Å². The molecule has 0 spiro atoms. The minimum atomic E-state index is -4.00. The molecule has 2 N–H and O–H groups in total. The predicted octanol–water partition coefficient (Wildman–Crippen LogP) is 3.16. The smallest absolute Gasteiger partial charge is 0.289 e. The first-order valence-electron chi connectivity index (χ1n) is 8.79. The third-order valence-electron chi connectivity index (χ3n) is 4.44. The molecule has 0 aliphatic heterocycles. The molecule has 14 heteroatoms. The lowest BCUT2D eigenvalue weighted by atomic mass is 10.1. The second kappa shape index (κ2) is 8.43. The molecule has 0 aliphatic rings. The monoisotopic (exact) mass is 461 g/mol. The SMILES string of the molecule is Cc1noc(NS(=O)(=O)c2ccc(NC(=O)c3ccc([N+](=O)[O-])cc3[N+](=O)[O-])cc2)c1C. The molecule has 0 bridgehead atoms. The molecule has 0 saturated carbocycles. The van der Waals surface area contributed by atoms with Gasteiger partial charge < -0.3 is 9.84 Å². The van der Waals surface area contributed by atoms with E-state index in [-0.39, 0.29) is 16.5 Å². The van der Waals surface area contributed by atoms with E-state index in [0.29, 0.717) is 17.3 Å². The normalized spacial score (nSPS) is 11.1. The van der Waals surface area contributed by atoms with E-state index in [2.05, 4.69) is 15.2 Å². The standard InChI is InChI=1S/C18H15N5O8S/c1-10-11(2)20-31-18(10)21-32(29,30)14-6-3-12(4-7-14)19-17(24)15-8-5-13(22(25)26)9-16(15)23(27)28/h3-9,21H,1-2H3,(H,19,24). The summed E-state index contributed by atoms with van der Waals surface area (Å²) in [5, 5.41) is 28.1. The molecule has 3 rings (SSSR count). The van der Waals surface area contributed by atoms with Crippen LogP contribution in [0.15, 0.2) is 51.9 Å². The summed E-state index contributed by atoms with van der Waals surface area (Å²) in [4.78, 5) is 32.6. The maximum atomic E-state index is 12.5. The van der Waals surface area contributed by atoms with Crippen molar-refractivity contribution >= 4 is 38.9 Å². The lowest BCUT2D eigenvalue weighted by Gasteiger charge is -2.08. The number of nitro benzene ring substituents is 2. The van der Waals surface area contributed by atoms with Crippen LogP contribution in [0.1, 0.15) is 21.6 Å². The summed E-state index contributed by atoms with van der Waals surface area (Å²) in [5.74, 6) is -0.918. The fourth-order valence-electron chi connectivity index (χ4n) is 2.58. The van der Waals surface area contributed by atoms with Gasteiger partial charge in [0.2, 0.25) is 5.88 Å². The Kier molecular flexibility index (Phi) is 5.89. The van der Waals surface area contributed by atoms with E-state index in [9.17, 15) is 33.4 Å². The molecule has 0 unspecified atom stereocenters. The van der Waals surface area contributed by atoms with Crippen molar-refractivity contribution in [1.82, 2.24) is 5.16 Å². The number of anilines is 2. The number of rotatable bonds is 7. The zero-order valence-electron chi connectivity index (χ0n) is 16.6.